The Balaban J connectivity index is 1.73. The van der Waals surface area contributed by atoms with Crippen LogP contribution in [-0.2, 0) is 22.1 Å². The Morgan fingerprint density at radius 2 is 1.71 bits per heavy atom. The summed E-state index contributed by atoms with van der Waals surface area (Å²) in [7, 11) is 0. The lowest BCUT2D eigenvalue weighted by atomic mass is 9.98. The number of aryl methyl sites for hydroxylation is 2. The molecule has 0 atom stereocenters. The van der Waals surface area contributed by atoms with Crippen molar-refractivity contribution in [1.82, 2.24) is 9.78 Å². The zero-order chi connectivity index (χ0) is 28.3. The molecular weight excluding hydrogens is 497 g/mol. The third kappa shape index (κ3) is 6.82. The summed E-state index contributed by atoms with van der Waals surface area (Å²) in [4.78, 5) is 25.1. The number of aromatic nitrogens is 2. The van der Waals surface area contributed by atoms with E-state index in [0.717, 1.165) is 23.4 Å². The summed E-state index contributed by atoms with van der Waals surface area (Å²) in [5, 5.41) is 4.58. The Bertz CT molecular complexity index is 1290. The van der Waals surface area contributed by atoms with E-state index in [1.807, 2.05) is 13.8 Å². The second kappa shape index (κ2) is 11.4. The molecule has 0 aliphatic heterocycles. The number of Topliss-reactive ketones (excluding diaryl/α,β-unsaturated/α-hetero) is 1. The smallest absolute Gasteiger partial charge is 0.416 e. The van der Waals surface area contributed by atoms with Crippen LogP contribution in [0.15, 0.2) is 48.7 Å². The largest absolute Gasteiger partial charge is 0.476 e. The first kappa shape index (κ1) is 28.9. The Morgan fingerprint density at radius 3 is 2.26 bits per heavy atom. The molecule has 1 aromatic heterocycles. The number of carbonyl (C=O) groups excluding carboxylic acids is 2. The van der Waals surface area contributed by atoms with Crippen molar-refractivity contribution in [1.29, 1.82) is 0 Å². The summed E-state index contributed by atoms with van der Waals surface area (Å²) in [6, 6.07) is 9.88. The Morgan fingerprint density at radius 1 is 1.05 bits per heavy atom. The predicted octanol–water partition coefficient (Wildman–Crippen LogP) is 6.86. The van der Waals surface area contributed by atoms with Crippen LogP contribution in [0.3, 0.4) is 0 Å². The number of carbonyl (C=O) groups is 2. The van der Waals surface area contributed by atoms with Crippen LogP contribution in [0.2, 0.25) is 0 Å². The van der Waals surface area contributed by atoms with E-state index in [-0.39, 0.29) is 24.7 Å². The first-order valence-electron chi connectivity index (χ1n) is 12.5. The zero-order valence-corrected chi connectivity index (χ0v) is 22.5. The minimum atomic E-state index is -4.41. The van der Waals surface area contributed by atoms with Crippen molar-refractivity contribution < 1.29 is 32.2 Å². The van der Waals surface area contributed by atoms with E-state index in [2.05, 4.69) is 5.10 Å². The molecule has 3 rings (SSSR count). The van der Waals surface area contributed by atoms with Gasteiger partial charge in [0.1, 0.15) is 5.75 Å². The third-order valence-electron chi connectivity index (χ3n) is 6.08. The third-order valence-corrected chi connectivity index (χ3v) is 6.08. The highest BCUT2D eigenvalue weighted by Gasteiger charge is 2.32. The van der Waals surface area contributed by atoms with Crippen LogP contribution in [0.25, 0.3) is 5.69 Å². The molecule has 0 radical (unpaired) electrons. The van der Waals surface area contributed by atoms with Crippen LogP contribution in [0.4, 0.5) is 13.2 Å². The maximum Gasteiger partial charge on any atom is 0.416 e. The molecule has 0 unspecified atom stereocenters. The van der Waals surface area contributed by atoms with E-state index >= 15 is 0 Å². The first-order valence-corrected chi connectivity index (χ1v) is 12.5. The molecule has 0 aliphatic carbocycles. The van der Waals surface area contributed by atoms with Crippen molar-refractivity contribution in [2.45, 2.75) is 72.1 Å². The van der Waals surface area contributed by atoms with Crippen LogP contribution in [0.1, 0.15) is 79.7 Å². The van der Waals surface area contributed by atoms with Gasteiger partial charge in [-0.1, -0.05) is 13.8 Å². The molecule has 0 spiro atoms. The Kier molecular flexibility index (Phi) is 8.69. The van der Waals surface area contributed by atoms with Gasteiger partial charge in [0.25, 0.3) is 0 Å². The van der Waals surface area contributed by atoms with Gasteiger partial charge < -0.3 is 9.47 Å². The van der Waals surface area contributed by atoms with E-state index < -0.39 is 23.3 Å². The van der Waals surface area contributed by atoms with Crippen molar-refractivity contribution in [3.05, 3.63) is 76.6 Å². The minimum Gasteiger partial charge on any atom is -0.476 e. The van der Waals surface area contributed by atoms with Gasteiger partial charge in [-0.3, -0.25) is 4.79 Å². The normalized spacial score (nSPS) is 12.1. The van der Waals surface area contributed by atoms with Crippen molar-refractivity contribution >= 4 is 11.8 Å². The van der Waals surface area contributed by atoms with Crippen LogP contribution in [0, 0.1) is 6.92 Å². The van der Waals surface area contributed by atoms with Crippen LogP contribution < -0.4 is 4.74 Å². The number of esters is 1. The van der Waals surface area contributed by atoms with Gasteiger partial charge in [-0.15, -0.1) is 0 Å². The van der Waals surface area contributed by atoms with Gasteiger partial charge in [-0.05, 0) is 93.6 Å². The van der Waals surface area contributed by atoms with E-state index in [1.165, 1.54) is 12.1 Å². The van der Waals surface area contributed by atoms with Crippen molar-refractivity contribution in [2.24, 2.45) is 0 Å². The number of hydrogen-bond acceptors (Lipinski definition) is 5. The lowest BCUT2D eigenvalue weighted by Gasteiger charge is -2.25. The number of nitrogens with zero attached hydrogens (tertiary/aromatic N) is 2. The molecule has 0 aliphatic rings. The topological polar surface area (TPSA) is 70.4 Å². The molecule has 9 heteroatoms. The highest BCUT2D eigenvalue weighted by atomic mass is 19.4. The number of rotatable bonds is 10. The molecule has 3 aromatic rings. The number of alkyl halides is 3. The number of benzene rings is 2. The van der Waals surface area contributed by atoms with E-state index in [0.29, 0.717) is 29.0 Å². The van der Waals surface area contributed by atoms with Gasteiger partial charge in [-0.25, -0.2) is 9.48 Å². The Labute approximate surface area is 220 Å². The molecule has 6 nitrogen and oxygen atoms in total. The van der Waals surface area contributed by atoms with Crippen molar-refractivity contribution in [3.8, 4) is 11.4 Å². The summed E-state index contributed by atoms with van der Waals surface area (Å²) in [6.45, 7) is 11.0. The number of hydrogen-bond donors (Lipinski definition) is 0. The average molecular weight is 531 g/mol. The zero-order valence-electron chi connectivity index (χ0n) is 22.5. The fraction of sp³-hybridized carbons (Fsp3) is 0.414. The predicted molar refractivity (Wildman–Crippen MR) is 138 cm³/mol. The van der Waals surface area contributed by atoms with Gasteiger partial charge >= 0.3 is 12.1 Å². The van der Waals surface area contributed by atoms with E-state index in [1.54, 1.807) is 56.8 Å². The first-order chi connectivity index (χ1) is 17.7. The van der Waals surface area contributed by atoms with Crippen LogP contribution in [-0.4, -0.2) is 33.7 Å². The molecule has 0 amide bonds. The van der Waals surface area contributed by atoms with Gasteiger partial charge in [0, 0.05) is 18.2 Å². The lowest BCUT2D eigenvalue weighted by Crippen LogP contribution is -2.39. The van der Waals surface area contributed by atoms with E-state index in [9.17, 15) is 22.8 Å². The summed E-state index contributed by atoms with van der Waals surface area (Å²) in [6.07, 6.45) is -1.98. The van der Waals surface area contributed by atoms with Gasteiger partial charge in [0.15, 0.2) is 11.4 Å². The monoisotopic (exact) mass is 530 g/mol. The molecule has 0 fully saturated rings. The SMILES string of the molecule is CCOC(=O)C(C)(C)Oc1ccc(C(=O)CCc2cn(-c3ccc(C(F)(F)F)cc3)nc2C(C)C)cc1C. The molecular formula is C29H33F3N2O4. The standard InChI is InChI=1S/C29H33F3N2O4/c1-7-37-27(36)28(5,6)38-25-15-9-20(16-19(25)4)24(35)14-8-21-17-34(33-26(21)18(2)3)23-12-10-22(11-13-23)29(30,31)32/h9-13,15-18H,7-8,14H2,1-6H3. The maximum absolute atomic E-state index is 13.0. The number of ketones is 1. The van der Waals surface area contributed by atoms with Gasteiger partial charge in [0.2, 0.25) is 0 Å². The van der Waals surface area contributed by atoms with Gasteiger partial charge in [0.05, 0.1) is 23.6 Å². The van der Waals surface area contributed by atoms with Crippen LogP contribution in [0.5, 0.6) is 5.75 Å². The molecule has 0 saturated heterocycles. The maximum atomic E-state index is 13.0. The van der Waals surface area contributed by atoms with Crippen LogP contribution >= 0.6 is 0 Å². The number of halogens is 3. The Hall–Kier alpha value is -3.62. The van der Waals surface area contributed by atoms with E-state index in [4.69, 9.17) is 9.47 Å². The highest BCUT2D eigenvalue weighted by molar-refractivity contribution is 5.96. The second-order valence-electron chi connectivity index (χ2n) is 9.92. The quantitative estimate of drug-likeness (QED) is 0.212. The lowest BCUT2D eigenvalue weighted by molar-refractivity contribution is -0.158. The van der Waals surface area contributed by atoms with Crippen molar-refractivity contribution in [2.75, 3.05) is 6.61 Å². The molecule has 2 aromatic carbocycles. The molecule has 204 valence electrons. The summed E-state index contributed by atoms with van der Waals surface area (Å²) < 4.78 is 51.2. The van der Waals surface area contributed by atoms with Crippen molar-refractivity contribution in [3.63, 3.8) is 0 Å². The molecule has 0 bridgehead atoms. The highest BCUT2D eigenvalue weighted by Crippen LogP contribution is 2.30. The second-order valence-corrected chi connectivity index (χ2v) is 9.92. The number of ether oxygens (including phenoxy) is 2. The average Bonchev–Trinajstić information content (AvgIpc) is 3.28. The molecule has 1 heterocycles. The summed E-state index contributed by atoms with van der Waals surface area (Å²) in [5.74, 6) is 0.00962. The fourth-order valence-electron chi connectivity index (χ4n) is 3.99. The fourth-order valence-corrected chi connectivity index (χ4v) is 3.99. The molecule has 0 N–H and O–H groups in total. The molecule has 0 saturated carbocycles. The molecule has 38 heavy (non-hydrogen) atoms. The summed E-state index contributed by atoms with van der Waals surface area (Å²) in [5.41, 5.74) is 1.50. The van der Waals surface area contributed by atoms with Gasteiger partial charge in [-0.2, -0.15) is 18.3 Å². The minimum absolute atomic E-state index is 0.0669. The summed E-state index contributed by atoms with van der Waals surface area (Å²) >= 11 is 0.